The molecule has 0 radical (unpaired) electrons. The summed E-state index contributed by atoms with van der Waals surface area (Å²) in [5.41, 5.74) is 6.17. The zero-order valence-corrected chi connectivity index (χ0v) is 12.4. The third kappa shape index (κ3) is 2.74. The first kappa shape index (κ1) is 14.3. The van der Waals surface area contributed by atoms with Crippen LogP contribution in [0, 0.1) is 0 Å². The third-order valence-corrected chi connectivity index (χ3v) is 3.94. The number of amides is 1. The molecular formula is C13H16BrFN2O2. The number of nitrogen functional groups attached to an aromatic ring is 1. The summed E-state index contributed by atoms with van der Waals surface area (Å²) in [5.74, 6) is -0.234. The number of nitrogens with two attached hydrogens (primary N) is 1. The average molecular weight is 331 g/mol. The highest BCUT2D eigenvalue weighted by molar-refractivity contribution is 9.10. The van der Waals surface area contributed by atoms with Gasteiger partial charge < -0.3 is 15.7 Å². The van der Waals surface area contributed by atoms with Gasteiger partial charge in [0, 0.05) is 22.3 Å². The molecule has 6 heteroatoms. The monoisotopic (exact) mass is 330 g/mol. The van der Waals surface area contributed by atoms with Crippen molar-refractivity contribution in [1.82, 2.24) is 4.90 Å². The van der Waals surface area contributed by atoms with Gasteiger partial charge in [0.15, 0.2) is 0 Å². The number of rotatable bonds is 3. The number of aliphatic hydroxyl groups is 1. The summed E-state index contributed by atoms with van der Waals surface area (Å²) in [7, 11) is 0. The van der Waals surface area contributed by atoms with Gasteiger partial charge in [0.2, 0.25) is 0 Å². The zero-order valence-electron chi connectivity index (χ0n) is 10.8. The van der Waals surface area contributed by atoms with Crippen LogP contribution in [0.5, 0.6) is 0 Å². The van der Waals surface area contributed by atoms with E-state index in [1.54, 1.807) is 12.1 Å². The van der Waals surface area contributed by atoms with Gasteiger partial charge >= 0.3 is 0 Å². The summed E-state index contributed by atoms with van der Waals surface area (Å²) in [6.45, 7) is 2.97. The standard InChI is InChI=1S/C13H16BrFN2O2/c1-13(2,19)11(15)6-17-5-7-3-10(16)9(14)4-8(7)12(17)18/h3-4,11,19H,5-6,16H2,1-2H3. The molecule has 0 spiro atoms. The Labute approximate surface area is 119 Å². The van der Waals surface area contributed by atoms with Gasteiger partial charge in [-0.05, 0) is 47.5 Å². The molecule has 3 N–H and O–H groups in total. The lowest BCUT2D eigenvalue weighted by Gasteiger charge is -2.26. The second-order valence-electron chi connectivity index (χ2n) is 5.34. The summed E-state index contributed by atoms with van der Waals surface area (Å²) >= 11 is 3.27. The number of carbonyl (C=O) groups is 1. The second-order valence-corrected chi connectivity index (χ2v) is 6.19. The molecule has 4 nitrogen and oxygen atoms in total. The van der Waals surface area contributed by atoms with Gasteiger partial charge in [0.05, 0.1) is 12.1 Å². The largest absolute Gasteiger partial charge is 0.398 e. The molecule has 1 amide bonds. The maximum Gasteiger partial charge on any atom is 0.254 e. The lowest BCUT2D eigenvalue weighted by molar-refractivity contribution is -0.0159. The Morgan fingerprint density at radius 1 is 1.58 bits per heavy atom. The van der Waals surface area contributed by atoms with Crippen LogP contribution < -0.4 is 5.73 Å². The lowest BCUT2D eigenvalue weighted by Crippen LogP contribution is -2.42. The number of nitrogens with zero attached hydrogens (tertiary/aromatic N) is 1. The van der Waals surface area contributed by atoms with E-state index < -0.39 is 11.8 Å². The first-order valence-electron chi connectivity index (χ1n) is 5.93. The summed E-state index contributed by atoms with van der Waals surface area (Å²) in [6, 6.07) is 3.37. The number of hydrogen-bond donors (Lipinski definition) is 2. The number of anilines is 1. The van der Waals surface area contributed by atoms with Crippen LogP contribution in [0.25, 0.3) is 0 Å². The maximum atomic E-state index is 13.8. The number of hydrogen-bond acceptors (Lipinski definition) is 3. The minimum Gasteiger partial charge on any atom is -0.398 e. The molecule has 1 aromatic rings. The average Bonchev–Trinajstić information content (AvgIpc) is 2.56. The Morgan fingerprint density at radius 3 is 2.79 bits per heavy atom. The molecule has 0 saturated carbocycles. The SMILES string of the molecule is CC(C)(O)C(F)CN1Cc2cc(N)c(Br)cc2C1=O. The molecule has 0 fully saturated rings. The molecule has 1 heterocycles. The van der Waals surface area contributed by atoms with Crippen LogP contribution in [0.1, 0.15) is 29.8 Å². The summed E-state index contributed by atoms with van der Waals surface area (Å²) in [4.78, 5) is 13.5. The van der Waals surface area contributed by atoms with Crippen molar-refractivity contribution in [3.05, 3.63) is 27.7 Å². The topological polar surface area (TPSA) is 66.6 Å². The minimum atomic E-state index is -1.49. The van der Waals surface area contributed by atoms with Crippen molar-refractivity contribution in [1.29, 1.82) is 0 Å². The van der Waals surface area contributed by atoms with Crippen molar-refractivity contribution in [3.8, 4) is 0 Å². The molecule has 1 aromatic carbocycles. The smallest absolute Gasteiger partial charge is 0.254 e. The molecule has 1 unspecified atom stereocenters. The van der Waals surface area contributed by atoms with Crippen molar-refractivity contribution < 1.29 is 14.3 Å². The molecule has 0 aliphatic carbocycles. The molecule has 104 valence electrons. The van der Waals surface area contributed by atoms with Crippen LogP contribution in [-0.4, -0.2) is 34.2 Å². The van der Waals surface area contributed by atoms with Gasteiger partial charge in [-0.3, -0.25) is 4.79 Å². The Hall–Kier alpha value is -1.14. The van der Waals surface area contributed by atoms with Crippen LogP contribution in [0.3, 0.4) is 0 Å². The normalized spacial score (nSPS) is 16.7. The molecule has 19 heavy (non-hydrogen) atoms. The Kier molecular flexibility index (Phi) is 3.57. The van der Waals surface area contributed by atoms with Crippen molar-refractivity contribution in [2.45, 2.75) is 32.2 Å². The van der Waals surface area contributed by atoms with E-state index in [9.17, 15) is 14.3 Å². The van der Waals surface area contributed by atoms with Gasteiger partial charge in [-0.25, -0.2) is 4.39 Å². The number of alkyl halides is 1. The minimum absolute atomic E-state index is 0.130. The number of carbonyl (C=O) groups excluding carboxylic acids is 1. The molecule has 2 rings (SSSR count). The van der Waals surface area contributed by atoms with E-state index in [-0.39, 0.29) is 12.5 Å². The van der Waals surface area contributed by atoms with Crippen LogP contribution in [-0.2, 0) is 6.54 Å². The number of benzene rings is 1. The molecule has 0 aromatic heterocycles. The van der Waals surface area contributed by atoms with Crippen molar-refractivity contribution in [2.75, 3.05) is 12.3 Å². The van der Waals surface area contributed by atoms with Crippen molar-refractivity contribution in [2.24, 2.45) is 0 Å². The van der Waals surface area contributed by atoms with Crippen LogP contribution >= 0.6 is 15.9 Å². The fourth-order valence-electron chi connectivity index (χ4n) is 1.98. The van der Waals surface area contributed by atoms with Crippen molar-refractivity contribution >= 4 is 27.5 Å². The molecule has 0 bridgehead atoms. The van der Waals surface area contributed by atoms with E-state index in [0.717, 1.165) is 5.56 Å². The van der Waals surface area contributed by atoms with E-state index >= 15 is 0 Å². The lowest BCUT2D eigenvalue weighted by atomic mass is 10.0. The third-order valence-electron chi connectivity index (χ3n) is 3.25. The maximum absolute atomic E-state index is 13.8. The first-order valence-corrected chi connectivity index (χ1v) is 6.73. The van der Waals surface area contributed by atoms with Gasteiger partial charge in [-0.2, -0.15) is 0 Å². The Balaban J connectivity index is 2.20. The summed E-state index contributed by atoms with van der Waals surface area (Å²) in [6.07, 6.45) is -1.49. The van der Waals surface area contributed by atoms with Gasteiger partial charge in [-0.1, -0.05) is 0 Å². The van der Waals surface area contributed by atoms with Crippen molar-refractivity contribution in [3.63, 3.8) is 0 Å². The molecule has 1 aliphatic rings. The van der Waals surface area contributed by atoms with E-state index in [0.29, 0.717) is 22.3 Å². The highest BCUT2D eigenvalue weighted by atomic mass is 79.9. The summed E-state index contributed by atoms with van der Waals surface area (Å²) < 4.78 is 14.5. The fraction of sp³-hybridized carbons (Fsp3) is 0.462. The van der Waals surface area contributed by atoms with Gasteiger partial charge in [0.1, 0.15) is 6.17 Å². The number of fused-ring (bicyclic) bond motifs is 1. The summed E-state index contributed by atoms with van der Waals surface area (Å²) in [5, 5.41) is 9.60. The second kappa shape index (κ2) is 4.76. The van der Waals surface area contributed by atoms with Crippen LogP contribution in [0.15, 0.2) is 16.6 Å². The molecule has 1 aliphatic heterocycles. The highest BCUT2D eigenvalue weighted by Crippen LogP contribution is 2.31. The Morgan fingerprint density at radius 2 is 2.21 bits per heavy atom. The number of halogens is 2. The van der Waals surface area contributed by atoms with E-state index in [1.807, 2.05) is 0 Å². The zero-order chi connectivity index (χ0) is 14.4. The van der Waals surface area contributed by atoms with Crippen LogP contribution in [0.4, 0.5) is 10.1 Å². The molecule has 0 saturated heterocycles. The van der Waals surface area contributed by atoms with E-state index in [4.69, 9.17) is 5.73 Å². The Bertz CT molecular complexity index is 528. The first-order chi connectivity index (χ1) is 8.70. The fourth-order valence-corrected chi connectivity index (χ4v) is 2.32. The van der Waals surface area contributed by atoms with Gasteiger partial charge in [0.25, 0.3) is 5.91 Å². The highest BCUT2D eigenvalue weighted by Gasteiger charge is 2.34. The predicted molar refractivity (Wildman–Crippen MR) is 74.5 cm³/mol. The quantitative estimate of drug-likeness (QED) is 0.834. The van der Waals surface area contributed by atoms with E-state index in [1.165, 1.54) is 18.7 Å². The van der Waals surface area contributed by atoms with Gasteiger partial charge in [-0.15, -0.1) is 0 Å². The molecular weight excluding hydrogens is 315 g/mol. The van der Waals surface area contributed by atoms with E-state index in [2.05, 4.69) is 15.9 Å². The predicted octanol–water partition coefficient (Wildman–Crippen LogP) is 2.10. The molecule has 1 atom stereocenters. The van der Waals surface area contributed by atoms with Crippen LogP contribution in [0.2, 0.25) is 0 Å².